The molecule has 1 saturated carbocycles. The summed E-state index contributed by atoms with van der Waals surface area (Å²) in [7, 11) is 0. The normalized spacial score (nSPS) is 21.8. The third-order valence-electron chi connectivity index (χ3n) is 3.03. The second-order valence-corrected chi connectivity index (χ2v) is 3.96. The summed E-state index contributed by atoms with van der Waals surface area (Å²) >= 11 is 0. The van der Waals surface area contributed by atoms with Crippen molar-refractivity contribution in [3.05, 3.63) is 0 Å². The summed E-state index contributed by atoms with van der Waals surface area (Å²) in [5, 5.41) is 17.5. The first kappa shape index (κ1) is 11.0. The first-order chi connectivity index (χ1) is 6.48. The maximum absolute atomic E-state index is 10.8. The maximum atomic E-state index is 10.8. The van der Waals surface area contributed by atoms with E-state index in [0.717, 1.165) is 12.8 Å². The van der Waals surface area contributed by atoms with Gasteiger partial charge < -0.3 is 15.9 Å². The summed E-state index contributed by atoms with van der Waals surface area (Å²) in [6.45, 7) is 0. The van der Waals surface area contributed by atoms with Gasteiger partial charge in [-0.2, -0.15) is 0 Å². The molecule has 0 bridgehead atoms. The van der Waals surface area contributed by atoms with E-state index in [2.05, 4.69) is 0 Å². The van der Waals surface area contributed by atoms with Gasteiger partial charge in [-0.3, -0.25) is 9.59 Å². The average molecular weight is 201 g/mol. The standard InChI is InChI=1S/C9H15NO4/c10-7(8(13)14)9(5-6(11)12)3-1-2-4-9/h7H,1-5,10H2,(H,11,12)(H,13,14)/t7-/m1/s1. The van der Waals surface area contributed by atoms with Crippen molar-refractivity contribution in [1.82, 2.24) is 0 Å². The number of carboxylic acids is 2. The van der Waals surface area contributed by atoms with E-state index in [0.29, 0.717) is 12.8 Å². The Kier molecular flexibility index (Phi) is 3.10. The van der Waals surface area contributed by atoms with Crippen LogP contribution in [-0.2, 0) is 9.59 Å². The fourth-order valence-corrected chi connectivity index (χ4v) is 2.24. The Labute approximate surface area is 81.9 Å². The second-order valence-electron chi connectivity index (χ2n) is 3.96. The topological polar surface area (TPSA) is 101 Å². The molecule has 0 aliphatic heterocycles. The Hall–Kier alpha value is -1.10. The molecule has 1 aliphatic carbocycles. The van der Waals surface area contributed by atoms with Gasteiger partial charge in [-0.1, -0.05) is 12.8 Å². The second kappa shape index (κ2) is 3.96. The molecular weight excluding hydrogens is 186 g/mol. The number of carboxylic acid groups (broad SMARTS) is 2. The van der Waals surface area contributed by atoms with Crippen LogP contribution in [0.25, 0.3) is 0 Å². The lowest BCUT2D eigenvalue weighted by molar-refractivity contribution is -0.145. The van der Waals surface area contributed by atoms with E-state index in [9.17, 15) is 9.59 Å². The highest BCUT2D eigenvalue weighted by atomic mass is 16.4. The maximum Gasteiger partial charge on any atom is 0.321 e. The third kappa shape index (κ3) is 2.04. The Balaban J connectivity index is 2.80. The fraction of sp³-hybridized carbons (Fsp3) is 0.778. The van der Waals surface area contributed by atoms with Crippen LogP contribution in [0.2, 0.25) is 0 Å². The van der Waals surface area contributed by atoms with Crippen LogP contribution in [0.4, 0.5) is 0 Å². The molecule has 1 rings (SSSR count). The smallest absolute Gasteiger partial charge is 0.321 e. The lowest BCUT2D eigenvalue weighted by Gasteiger charge is -2.30. The molecule has 0 aromatic carbocycles. The molecule has 0 radical (unpaired) electrons. The van der Waals surface area contributed by atoms with Crippen LogP contribution in [0, 0.1) is 5.41 Å². The highest BCUT2D eigenvalue weighted by Gasteiger charge is 2.44. The molecule has 5 nitrogen and oxygen atoms in total. The molecule has 5 heteroatoms. The number of nitrogens with two attached hydrogens (primary N) is 1. The zero-order valence-corrected chi connectivity index (χ0v) is 7.90. The molecule has 1 fully saturated rings. The van der Waals surface area contributed by atoms with Gasteiger partial charge in [0, 0.05) is 5.41 Å². The van der Waals surface area contributed by atoms with E-state index in [4.69, 9.17) is 15.9 Å². The van der Waals surface area contributed by atoms with Gasteiger partial charge in [-0.25, -0.2) is 0 Å². The SMILES string of the molecule is N[C@H](C(=O)O)C1(CC(=O)O)CCCC1. The predicted molar refractivity (Wildman–Crippen MR) is 48.8 cm³/mol. The van der Waals surface area contributed by atoms with Gasteiger partial charge in [0.25, 0.3) is 0 Å². The van der Waals surface area contributed by atoms with Gasteiger partial charge in [-0.05, 0) is 12.8 Å². The number of aliphatic carboxylic acids is 2. The molecule has 1 atom stereocenters. The quantitative estimate of drug-likeness (QED) is 0.612. The summed E-state index contributed by atoms with van der Waals surface area (Å²) in [6.07, 6.45) is 2.81. The van der Waals surface area contributed by atoms with Gasteiger partial charge in [0.05, 0.1) is 6.42 Å². The molecule has 0 heterocycles. The van der Waals surface area contributed by atoms with Crippen molar-refractivity contribution in [1.29, 1.82) is 0 Å². The zero-order chi connectivity index (χ0) is 10.8. The van der Waals surface area contributed by atoms with Crippen LogP contribution in [0.1, 0.15) is 32.1 Å². The van der Waals surface area contributed by atoms with Crippen LogP contribution >= 0.6 is 0 Å². The molecule has 0 aromatic rings. The minimum absolute atomic E-state index is 0.138. The Morgan fingerprint density at radius 2 is 1.79 bits per heavy atom. The lowest BCUT2D eigenvalue weighted by atomic mass is 9.76. The van der Waals surface area contributed by atoms with E-state index in [-0.39, 0.29) is 6.42 Å². The summed E-state index contributed by atoms with van der Waals surface area (Å²) in [5.74, 6) is -2.07. The highest BCUT2D eigenvalue weighted by Crippen LogP contribution is 2.43. The molecule has 80 valence electrons. The van der Waals surface area contributed by atoms with Crippen molar-refractivity contribution >= 4 is 11.9 Å². The van der Waals surface area contributed by atoms with Gasteiger partial charge in [0.15, 0.2) is 0 Å². The third-order valence-corrected chi connectivity index (χ3v) is 3.03. The number of rotatable bonds is 4. The fourth-order valence-electron chi connectivity index (χ4n) is 2.24. The Morgan fingerprint density at radius 3 is 2.14 bits per heavy atom. The zero-order valence-electron chi connectivity index (χ0n) is 7.90. The van der Waals surface area contributed by atoms with Crippen molar-refractivity contribution < 1.29 is 19.8 Å². The van der Waals surface area contributed by atoms with E-state index >= 15 is 0 Å². The minimum Gasteiger partial charge on any atom is -0.481 e. The summed E-state index contributed by atoms with van der Waals surface area (Å²) < 4.78 is 0. The van der Waals surface area contributed by atoms with Crippen molar-refractivity contribution in [3.63, 3.8) is 0 Å². The Morgan fingerprint density at radius 1 is 1.29 bits per heavy atom. The van der Waals surface area contributed by atoms with E-state index in [1.165, 1.54) is 0 Å². The summed E-state index contributed by atoms with van der Waals surface area (Å²) in [6, 6.07) is -1.05. The van der Waals surface area contributed by atoms with Gasteiger partial charge in [-0.15, -0.1) is 0 Å². The molecule has 0 amide bonds. The van der Waals surface area contributed by atoms with Crippen LogP contribution in [0.3, 0.4) is 0 Å². The van der Waals surface area contributed by atoms with Crippen LogP contribution < -0.4 is 5.73 Å². The predicted octanol–water partition coefficient (Wildman–Crippen LogP) is 0.433. The summed E-state index contributed by atoms with van der Waals surface area (Å²) in [4.78, 5) is 21.4. The van der Waals surface area contributed by atoms with Crippen LogP contribution in [-0.4, -0.2) is 28.2 Å². The van der Waals surface area contributed by atoms with E-state index in [1.54, 1.807) is 0 Å². The molecule has 1 aliphatic rings. The largest absolute Gasteiger partial charge is 0.481 e. The molecule has 0 unspecified atom stereocenters. The summed E-state index contributed by atoms with van der Waals surface area (Å²) in [5.41, 5.74) is 4.82. The minimum atomic E-state index is -1.10. The first-order valence-corrected chi connectivity index (χ1v) is 4.68. The highest BCUT2D eigenvalue weighted by molar-refractivity contribution is 5.76. The van der Waals surface area contributed by atoms with E-state index in [1.807, 2.05) is 0 Å². The van der Waals surface area contributed by atoms with Crippen molar-refractivity contribution in [2.75, 3.05) is 0 Å². The van der Waals surface area contributed by atoms with Crippen molar-refractivity contribution in [2.24, 2.45) is 11.1 Å². The molecule has 14 heavy (non-hydrogen) atoms. The molecule has 4 N–H and O–H groups in total. The number of hydrogen-bond acceptors (Lipinski definition) is 3. The molecule has 0 spiro atoms. The van der Waals surface area contributed by atoms with Crippen molar-refractivity contribution in [3.8, 4) is 0 Å². The molecule has 0 saturated heterocycles. The molecule has 0 aromatic heterocycles. The van der Waals surface area contributed by atoms with Gasteiger partial charge in [0.1, 0.15) is 6.04 Å². The number of hydrogen-bond donors (Lipinski definition) is 3. The van der Waals surface area contributed by atoms with Gasteiger partial charge in [0.2, 0.25) is 0 Å². The van der Waals surface area contributed by atoms with Crippen molar-refractivity contribution in [2.45, 2.75) is 38.1 Å². The Bertz CT molecular complexity index is 245. The van der Waals surface area contributed by atoms with Gasteiger partial charge >= 0.3 is 11.9 Å². The first-order valence-electron chi connectivity index (χ1n) is 4.68. The number of carbonyl (C=O) groups is 2. The monoisotopic (exact) mass is 201 g/mol. The average Bonchev–Trinajstić information content (AvgIpc) is 2.51. The van der Waals surface area contributed by atoms with E-state index < -0.39 is 23.4 Å². The molecular formula is C9H15NO4. The lowest BCUT2D eigenvalue weighted by Crippen LogP contribution is -2.47. The van der Waals surface area contributed by atoms with Crippen LogP contribution in [0.5, 0.6) is 0 Å². The van der Waals surface area contributed by atoms with Crippen LogP contribution in [0.15, 0.2) is 0 Å².